The van der Waals surface area contributed by atoms with Gasteiger partial charge in [0.15, 0.2) is 17.6 Å². The van der Waals surface area contributed by atoms with Crippen molar-refractivity contribution in [2.45, 2.75) is 12.1 Å². The fourth-order valence-corrected chi connectivity index (χ4v) is 5.11. The molecule has 0 radical (unpaired) electrons. The van der Waals surface area contributed by atoms with Gasteiger partial charge in [-0.05, 0) is 42.0 Å². The van der Waals surface area contributed by atoms with Crippen LogP contribution in [0, 0.1) is 0 Å². The molecule has 0 saturated heterocycles. The van der Waals surface area contributed by atoms with Crippen molar-refractivity contribution in [3.63, 3.8) is 0 Å². The van der Waals surface area contributed by atoms with Crippen molar-refractivity contribution >= 4 is 11.6 Å². The van der Waals surface area contributed by atoms with Crippen LogP contribution in [0.5, 0.6) is 28.7 Å². The minimum atomic E-state index is -0.531. The van der Waals surface area contributed by atoms with E-state index in [0.717, 1.165) is 39.5 Å². The molecule has 3 heterocycles. The number of hydrogen-bond acceptors (Lipinski definition) is 8. The third-order valence-electron chi connectivity index (χ3n) is 6.77. The van der Waals surface area contributed by atoms with Crippen LogP contribution < -0.4 is 29.0 Å². The monoisotopic (exact) mass is 498 g/mol. The lowest BCUT2D eigenvalue weighted by Gasteiger charge is -2.39. The average molecular weight is 499 g/mol. The Morgan fingerprint density at radius 3 is 2.35 bits per heavy atom. The largest absolute Gasteiger partial charge is 0.497 e. The van der Waals surface area contributed by atoms with E-state index >= 15 is 0 Å². The summed E-state index contributed by atoms with van der Waals surface area (Å²) in [5, 5.41) is 8.10. The first-order valence-electron chi connectivity index (χ1n) is 11.8. The molecule has 9 heteroatoms. The minimum Gasteiger partial charge on any atom is -0.497 e. The summed E-state index contributed by atoms with van der Waals surface area (Å²) < 4.78 is 31.1. The van der Waals surface area contributed by atoms with Crippen molar-refractivity contribution in [3.05, 3.63) is 89.3 Å². The van der Waals surface area contributed by atoms with E-state index in [0.29, 0.717) is 23.2 Å². The zero-order valence-corrected chi connectivity index (χ0v) is 20.9. The van der Waals surface area contributed by atoms with E-state index in [1.54, 1.807) is 34.8 Å². The van der Waals surface area contributed by atoms with Gasteiger partial charge in [-0.3, -0.25) is 0 Å². The average Bonchev–Trinajstić information content (AvgIpc) is 3.43. The Hall–Kier alpha value is -4.66. The number of aromatic nitrogens is 3. The molecule has 2 aliphatic rings. The van der Waals surface area contributed by atoms with Crippen LogP contribution in [0.15, 0.2) is 72.6 Å². The number of methoxy groups -OCH3 is 4. The van der Waals surface area contributed by atoms with Gasteiger partial charge in [-0.15, -0.1) is 0 Å². The predicted molar refractivity (Wildman–Crippen MR) is 138 cm³/mol. The number of para-hydroxylation sites is 1. The number of rotatable bonds is 6. The number of fused-ring (bicyclic) bond motifs is 3. The second-order valence-corrected chi connectivity index (χ2v) is 8.58. The number of anilines is 1. The number of ether oxygens (including phenoxy) is 5. The summed E-state index contributed by atoms with van der Waals surface area (Å²) in [7, 11) is 6.46. The zero-order valence-electron chi connectivity index (χ0n) is 20.9. The molecule has 188 valence electrons. The third kappa shape index (κ3) is 3.54. The highest BCUT2D eigenvalue weighted by Crippen LogP contribution is 2.54. The predicted octanol–water partition coefficient (Wildman–Crippen LogP) is 4.87. The highest BCUT2D eigenvalue weighted by molar-refractivity contribution is 5.85. The van der Waals surface area contributed by atoms with Crippen molar-refractivity contribution in [1.29, 1.82) is 0 Å². The van der Waals surface area contributed by atoms with E-state index in [1.165, 1.54) is 0 Å². The van der Waals surface area contributed by atoms with Crippen molar-refractivity contribution in [2.24, 2.45) is 0 Å². The van der Waals surface area contributed by atoms with Gasteiger partial charge in [0.1, 0.15) is 23.9 Å². The molecule has 0 bridgehead atoms. The number of nitrogens with zero attached hydrogens (tertiary/aromatic N) is 3. The van der Waals surface area contributed by atoms with Crippen LogP contribution in [0.2, 0.25) is 0 Å². The third-order valence-corrected chi connectivity index (χ3v) is 6.77. The van der Waals surface area contributed by atoms with Crippen LogP contribution in [0.3, 0.4) is 0 Å². The Morgan fingerprint density at radius 2 is 1.62 bits per heavy atom. The molecule has 9 nitrogen and oxygen atoms in total. The summed E-state index contributed by atoms with van der Waals surface area (Å²) in [5.41, 5.74) is 4.64. The normalized spacial score (nSPS) is 17.5. The molecule has 0 spiro atoms. The van der Waals surface area contributed by atoms with E-state index in [-0.39, 0.29) is 6.04 Å². The maximum atomic E-state index is 6.73. The van der Waals surface area contributed by atoms with Gasteiger partial charge in [0.25, 0.3) is 0 Å². The molecule has 0 amide bonds. The first-order valence-corrected chi connectivity index (χ1v) is 11.8. The second kappa shape index (κ2) is 9.09. The Kier molecular flexibility index (Phi) is 5.60. The van der Waals surface area contributed by atoms with Gasteiger partial charge in [0.2, 0.25) is 11.7 Å². The summed E-state index contributed by atoms with van der Waals surface area (Å²) >= 11 is 0. The SMILES string of the molecule is COc1ccc([C@@H]2C3=C(Nc4ncnn42)c2ccccc2O[C@@H]3c2ccc(OC)c(OC)c2OC)cc1. The highest BCUT2D eigenvalue weighted by atomic mass is 16.5. The molecule has 37 heavy (non-hydrogen) atoms. The number of nitrogens with one attached hydrogen (secondary N) is 1. The minimum absolute atomic E-state index is 0.309. The summed E-state index contributed by atoms with van der Waals surface area (Å²) in [6, 6.07) is 19.4. The maximum absolute atomic E-state index is 6.73. The molecule has 1 aromatic heterocycles. The Labute approximate surface area is 214 Å². The standard InChI is InChI=1S/C28H26N4O5/c1-33-17-11-9-16(10-12-17)24-22-23(31-28-29-15-30-32(24)28)18-7-5-6-8-20(18)37-25(22)19-13-14-21(34-2)27(36-4)26(19)35-3/h5-15,24-25H,1-4H3,(H,29,30,31)/t24-,25-/m1/s1. The summed E-state index contributed by atoms with van der Waals surface area (Å²) in [5.74, 6) is 3.77. The molecular formula is C28H26N4O5. The Bertz CT molecular complexity index is 1490. The quantitative estimate of drug-likeness (QED) is 0.403. The second-order valence-electron chi connectivity index (χ2n) is 8.58. The van der Waals surface area contributed by atoms with Crippen LogP contribution >= 0.6 is 0 Å². The molecule has 0 fully saturated rings. The van der Waals surface area contributed by atoms with Crippen LogP contribution in [0.1, 0.15) is 28.8 Å². The van der Waals surface area contributed by atoms with Gasteiger partial charge >= 0.3 is 0 Å². The number of benzene rings is 3. The van der Waals surface area contributed by atoms with Gasteiger partial charge in [-0.25, -0.2) is 4.68 Å². The lowest BCUT2D eigenvalue weighted by molar-refractivity contribution is 0.215. The van der Waals surface area contributed by atoms with E-state index in [9.17, 15) is 0 Å². The molecule has 0 saturated carbocycles. The van der Waals surface area contributed by atoms with Gasteiger partial charge in [-0.2, -0.15) is 10.1 Å². The van der Waals surface area contributed by atoms with E-state index in [1.807, 2.05) is 65.3 Å². The summed E-state index contributed by atoms with van der Waals surface area (Å²) in [6.07, 6.45) is 1.02. The van der Waals surface area contributed by atoms with Crippen molar-refractivity contribution in [3.8, 4) is 28.7 Å². The fraction of sp³-hybridized carbons (Fsp3) is 0.214. The van der Waals surface area contributed by atoms with Crippen molar-refractivity contribution in [1.82, 2.24) is 14.8 Å². The smallest absolute Gasteiger partial charge is 0.226 e. The lowest BCUT2D eigenvalue weighted by Crippen LogP contribution is -2.32. The Balaban J connectivity index is 1.62. The van der Waals surface area contributed by atoms with E-state index < -0.39 is 6.10 Å². The van der Waals surface area contributed by atoms with Crippen LogP contribution in [-0.4, -0.2) is 43.2 Å². The molecule has 2 atom stereocenters. The molecular weight excluding hydrogens is 472 g/mol. The molecule has 1 N–H and O–H groups in total. The topological polar surface area (TPSA) is 88.9 Å². The van der Waals surface area contributed by atoms with Gasteiger partial charge in [-0.1, -0.05) is 24.3 Å². The first kappa shape index (κ1) is 22.8. The van der Waals surface area contributed by atoms with E-state index in [2.05, 4.69) is 15.4 Å². The molecule has 2 aliphatic heterocycles. The van der Waals surface area contributed by atoms with Crippen LogP contribution in [0.25, 0.3) is 5.70 Å². The highest BCUT2D eigenvalue weighted by Gasteiger charge is 2.42. The van der Waals surface area contributed by atoms with Crippen molar-refractivity contribution < 1.29 is 23.7 Å². The van der Waals surface area contributed by atoms with Crippen molar-refractivity contribution in [2.75, 3.05) is 33.8 Å². The fourth-order valence-electron chi connectivity index (χ4n) is 5.11. The van der Waals surface area contributed by atoms with E-state index in [4.69, 9.17) is 23.7 Å². The first-order chi connectivity index (χ1) is 18.2. The van der Waals surface area contributed by atoms with Gasteiger partial charge < -0.3 is 29.0 Å². The maximum Gasteiger partial charge on any atom is 0.226 e. The Morgan fingerprint density at radius 1 is 0.838 bits per heavy atom. The molecule has 3 aromatic carbocycles. The zero-order chi connectivity index (χ0) is 25.5. The summed E-state index contributed by atoms with van der Waals surface area (Å²) in [6.45, 7) is 0. The lowest BCUT2D eigenvalue weighted by atomic mass is 9.84. The molecule has 0 aliphatic carbocycles. The van der Waals surface area contributed by atoms with Crippen LogP contribution in [0.4, 0.5) is 5.95 Å². The molecule has 6 rings (SSSR count). The number of hydrogen-bond donors (Lipinski definition) is 1. The summed E-state index contributed by atoms with van der Waals surface area (Å²) in [4.78, 5) is 4.49. The van der Waals surface area contributed by atoms with Crippen LogP contribution in [-0.2, 0) is 0 Å². The molecule has 4 aromatic rings. The van der Waals surface area contributed by atoms with Gasteiger partial charge in [0.05, 0.1) is 34.1 Å². The van der Waals surface area contributed by atoms with Gasteiger partial charge in [0, 0.05) is 16.7 Å². The molecule has 0 unspecified atom stereocenters.